The fourth-order valence-corrected chi connectivity index (χ4v) is 4.21. The molecule has 4 rings (SSSR count). The number of fused-ring (bicyclic) bond motifs is 1. The molecule has 0 radical (unpaired) electrons. The normalized spacial score (nSPS) is 18.0. The zero-order chi connectivity index (χ0) is 25.3. The van der Waals surface area contributed by atoms with Crippen LogP contribution in [-0.4, -0.2) is 62.8 Å². The maximum Gasteiger partial charge on any atom is 0.416 e. The van der Waals surface area contributed by atoms with E-state index >= 15 is 0 Å². The predicted molar refractivity (Wildman–Crippen MR) is 120 cm³/mol. The van der Waals surface area contributed by atoms with Crippen LogP contribution in [0.3, 0.4) is 0 Å². The van der Waals surface area contributed by atoms with Gasteiger partial charge in [-0.25, -0.2) is 0 Å². The van der Waals surface area contributed by atoms with Crippen LogP contribution in [0.5, 0.6) is 0 Å². The number of aliphatic hydroxyl groups is 2. The van der Waals surface area contributed by atoms with Crippen LogP contribution in [0.4, 0.5) is 13.2 Å². The Morgan fingerprint density at radius 2 is 2.03 bits per heavy atom. The number of H-pyrrole nitrogens is 1. The molecule has 35 heavy (non-hydrogen) atoms. The molecule has 1 aliphatic heterocycles. The molecule has 1 aliphatic rings. The van der Waals surface area contributed by atoms with E-state index in [1.807, 2.05) is 6.07 Å². The van der Waals surface area contributed by atoms with E-state index in [0.29, 0.717) is 24.0 Å². The fourth-order valence-electron chi connectivity index (χ4n) is 4.21. The molecule has 2 amide bonds. The average molecular weight is 490 g/mol. The van der Waals surface area contributed by atoms with E-state index in [9.17, 15) is 27.9 Å². The average Bonchev–Trinajstić information content (AvgIpc) is 3.35. The van der Waals surface area contributed by atoms with Gasteiger partial charge >= 0.3 is 6.18 Å². The minimum atomic E-state index is -4.60. The zero-order valence-corrected chi connectivity index (χ0v) is 18.9. The van der Waals surface area contributed by atoms with E-state index in [-0.39, 0.29) is 36.0 Å². The first-order chi connectivity index (χ1) is 16.6. The molecule has 0 unspecified atom stereocenters. The van der Waals surface area contributed by atoms with Crippen molar-refractivity contribution in [2.45, 2.75) is 37.6 Å². The van der Waals surface area contributed by atoms with Crippen molar-refractivity contribution < 1.29 is 33.0 Å². The maximum absolute atomic E-state index is 13.1. The topological polar surface area (TPSA) is 111 Å². The summed E-state index contributed by atoms with van der Waals surface area (Å²) < 4.78 is 40.8. The van der Waals surface area contributed by atoms with Gasteiger partial charge in [0, 0.05) is 25.7 Å². The number of aryl methyl sites for hydroxylation is 1. The second-order valence-electron chi connectivity index (χ2n) is 8.60. The maximum atomic E-state index is 13.1. The third-order valence-corrected chi connectivity index (χ3v) is 6.18. The summed E-state index contributed by atoms with van der Waals surface area (Å²) in [5, 5.41) is 19.0. The lowest BCUT2D eigenvalue weighted by molar-refractivity contribution is -0.137. The molecule has 186 valence electrons. The van der Waals surface area contributed by atoms with Gasteiger partial charge in [0.1, 0.15) is 0 Å². The van der Waals surface area contributed by atoms with Gasteiger partial charge in [-0.15, -0.1) is 0 Å². The number of aromatic amines is 1. The highest BCUT2D eigenvalue weighted by Crippen LogP contribution is 2.30. The molecule has 3 aromatic rings. The van der Waals surface area contributed by atoms with E-state index in [1.165, 1.54) is 6.07 Å². The van der Waals surface area contributed by atoms with Crippen molar-refractivity contribution >= 4 is 22.8 Å². The minimum absolute atomic E-state index is 0.0134. The molecule has 0 saturated carbocycles. The van der Waals surface area contributed by atoms with Crippen LogP contribution in [0.1, 0.15) is 40.2 Å². The van der Waals surface area contributed by atoms with Crippen molar-refractivity contribution in [1.29, 1.82) is 0 Å². The van der Waals surface area contributed by atoms with Crippen LogP contribution in [0.15, 0.2) is 47.5 Å². The first-order valence-corrected chi connectivity index (χ1v) is 11.1. The van der Waals surface area contributed by atoms with Crippen LogP contribution in [0.2, 0.25) is 0 Å². The van der Waals surface area contributed by atoms with E-state index in [2.05, 4.69) is 9.98 Å². The standard InChI is InChI=1S/C24H25F3N4O4/c1-30-9-8-18(22(30)35)14-5-6-20-19(12-14)28-23(31(20)10-7-17(33)13-32)29-21(34)15-3-2-4-16(11-15)24(25,26)27/h2-6,11-12,17-18,32-33H,7-10,13H2,1H3,(H,28,29,34)/t17-,18-/m0/s1. The first-order valence-electron chi connectivity index (χ1n) is 11.1. The number of amides is 2. The van der Waals surface area contributed by atoms with Gasteiger partial charge in [0.15, 0.2) is 0 Å². The Hall–Kier alpha value is -3.44. The third kappa shape index (κ3) is 5.15. The fraction of sp³-hybridized carbons (Fsp3) is 0.375. The SMILES string of the molecule is CN1CC[C@@H](c2ccc3c(c2)[nH]/c(=N\C(=O)c2cccc(C(F)(F)F)c2)n3CC[C@H](O)CO)C1=O. The molecule has 2 atom stereocenters. The van der Waals surface area contributed by atoms with Crippen LogP contribution in [0, 0.1) is 0 Å². The summed E-state index contributed by atoms with van der Waals surface area (Å²) in [6.45, 7) is 0.387. The van der Waals surface area contributed by atoms with Gasteiger partial charge in [-0.3, -0.25) is 9.59 Å². The molecule has 1 saturated heterocycles. The number of benzene rings is 2. The molecular weight excluding hydrogens is 465 g/mol. The Kier molecular flexibility index (Phi) is 6.82. The van der Waals surface area contributed by atoms with E-state index in [0.717, 1.165) is 23.8 Å². The number of carbonyl (C=O) groups is 2. The second kappa shape index (κ2) is 9.67. The third-order valence-electron chi connectivity index (χ3n) is 6.18. The number of rotatable bonds is 6. The lowest BCUT2D eigenvalue weighted by atomic mass is 9.97. The van der Waals surface area contributed by atoms with Crippen LogP contribution in [-0.2, 0) is 17.5 Å². The number of nitrogens with zero attached hydrogens (tertiary/aromatic N) is 3. The summed E-state index contributed by atoms with van der Waals surface area (Å²) in [4.78, 5) is 33.9. The molecular formula is C24H25F3N4O4. The smallest absolute Gasteiger partial charge is 0.394 e. The molecule has 3 N–H and O–H groups in total. The number of aliphatic hydroxyl groups excluding tert-OH is 2. The van der Waals surface area contributed by atoms with E-state index in [1.54, 1.807) is 28.6 Å². The van der Waals surface area contributed by atoms with Gasteiger partial charge in [-0.05, 0) is 48.7 Å². The van der Waals surface area contributed by atoms with Gasteiger partial charge in [0.2, 0.25) is 11.5 Å². The molecule has 1 fully saturated rings. The highest BCUT2D eigenvalue weighted by Gasteiger charge is 2.31. The Morgan fingerprint density at radius 3 is 2.69 bits per heavy atom. The Morgan fingerprint density at radius 1 is 1.26 bits per heavy atom. The van der Waals surface area contributed by atoms with Crippen LogP contribution < -0.4 is 5.62 Å². The Bertz CT molecular complexity index is 1330. The van der Waals surface area contributed by atoms with Crippen molar-refractivity contribution in [3.8, 4) is 0 Å². The number of likely N-dealkylation sites (N-methyl/N-ethyl adjacent to an activating group) is 1. The largest absolute Gasteiger partial charge is 0.416 e. The molecule has 8 nitrogen and oxygen atoms in total. The number of hydrogen-bond acceptors (Lipinski definition) is 4. The summed E-state index contributed by atoms with van der Waals surface area (Å²) in [5.74, 6) is -1.14. The summed E-state index contributed by atoms with van der Waals surface area (Å²) in [6.07, 6.45) is -4.76. The van der Waals surface area contributed by atoms with Crippen molar-refractivity contribution in [2.24, 2.45) is 4.99 Å². The highest BCUT2D eigenvalue weighted by atomic mass is 19.4. The number of imidazole rings is 1. The Labute approximate surface area is 198 Å². The van der Waals surface area contributed by atoms with Crippen molar-refractivity contribution in [3.63, 3.8) is 0 Å². The first kappa shape index (κ1) is 24.7. The molecule has 0 bridgehead atoms. The number of likely N-dealkylation sites (tertiary alicyclic amines) is 1. The molecule has 2 heterocycles. The number of hydrogen-bond donors (Lipinski definition) is 3. The number of carbonyl (C=O) groups excluding carboxylic acids is 2. The quantitative estimate of drug-likeness (QED) is 0.493. The van der Waals surface area contributed by atoms with E-state index < -0.39 is 30.4 Å². The number of halogens is 3. The van der Waals surface area contributed by atoms with Gasteiger partial charge in [0.05, 0.1) is 35.2 Å². The minimum Gasteiger partial charge on any atom is -0.394 e. The van der Waals surface area contributed by atoms with Crippen LogP contribution in [0.25, 0.3) is 11.0 Å². The van der Waals surface area contributed by atoms with Gasteiger partial charge < -0.3 is 24.7 Å². The molecule has 0 spiro atoms. The van der Waals surface area contributed by atoms with Crippen molar-refractivity contribution in [1.82, 2.24) is 14.5 Å². The molecule has 1 aromatic heterocycles. The number of alkyl halides is 3. The summed E-state index contributed by atoms with van der Waals surface area (Å²) >= 11 is 0. The molecule has 2 aromatic carbocycles. The highest BCUT2D eigenvalue weighted by molar-refractivity contribution is 5.95. The predicted octanol–water partition coefficient (Wildman–Crippen LogP) is 2.42. The Balaban J connectivity index is 1.76. The van der Waals surface area contributed by atoms with Crippen molar-refractivity contribution in [2.75, 3.05) is 20.2 Å². The van der Waals surface area contributed by atoms with Gasteiger partial charge in [-0.1, -0.05) is 12.1 Å². The van der Waals surface area contributed by atoms with Crippen molar-refractivity contribution in [3.05, 3.63) is 64.8 Å². The summed E-state index contributed by atoms with van der Waals surface area (Å²) in [5.41, 5.74) is 0.920. The monoisotopic (exact) mass is 490 g/mol. The zero-order valence-electron chi connectivity index (χ0n) is 18.9. The van der Waals surface area contributed by atoms with Gasteiger partial charge in [-0.2, -0.15) is 18.2 Å². The van der Waals surface area contributed by atoms with Gasteiger partial charge in [0.25, 0.3) is 5.91 Å². The summed E-state index contributed by atoms with van der Waals surface area (Å²) in [7, 11) is 1.74. The molecule has 11 heteroatoms. The second-order valence-corrected chi connectivity index (χ2v) is 8.60. The summed E-state index contributed by atoms with van der Waals surface area (Å²) in [6, 6.07) is 9.40. The molecule has 0 aliphatic carbocycles. The number of aromatic nitrogens is 2. The lowest BCUT2D eigenvalue weighted by Gasteiger charge is -2.11. The number of nitrogens with one attached hydrogen (secondary N) is 1. The lowest BCUT2D eigenvalue weighted by Crippen LogP contribution is -2.24. The van der Waals surface area contributed by atoms with Crippen LogP contribution >= 0.6 is 0 Å². The van der Waals surface area contributed by atoms with E-state index in [4.69, 9.17) is 5.11 Å².